The van der Waals surface area contributed by atoms with Gasteiger partial charge in [0.05, 0.1) is 20.3 Å². The predicted molar refractivity (Wildman–Crippen MR) is 50.9 cm³/mol. The van der Waals surface area contributed by atoms with Gasteiger partial charge in [0.2, 0.25) is 0 Å². The molecule has 14 heavy (non-hydrogen) atoms. The van der Waals surface area contributed by atoms with Gasteiger partial charge in [-0.1, -0.05) is 0 Å². The number of methoxy groups -OCH3 is 1. The first kappa shape index (κ1) is 9.93. The number of carbonyl (C=O) groups excluding carboxylic acids is 1. The van der Waals surface area contributed by atoms with E-state index in [1.54, 1.807) is 0 Å². The van der Waals surface area contributed by atoms with Crippen molar-refractivity contribution in [2.75, 3.05) is 40.5 Å². The SMILES string of the molecule is COC(=O)C1(C2CCN(C)C2)COC1. The highest BCUT2D eigenvalue weighted by atomic mass is 16.5. The number of esters is 1. The molecule has 80 valence electrons. The van der Waals surface area contributed by atoms with Crippen molar-refractivity contribution in [2.45, 2.75) is 6.42 Å². The maximum absolute atomic E-state index is 11.7. The Labute approximate surface area is 84.2 Å². The molecular weight excluding hydrogens is 182 g/mol. The number of hydrogen-bond acceptors (Lipinski definition) is 4. The minimum atomic E-state index is -0.334. The van der Waals surface area contributed by atoms with E-state index >= 15 is 0 Å². The van der Waals surface area contributed by atoms with Crippen molar-refractivity contribution in [3.05, 3.63) is 0 Å². The Morgan fingerprint density at radius 3 is 2.64 bits per heavy atom. The molecule has 0 aliphatic carbocycles. The van der Waals surface area contributed by atoms with Gasteiger partial charge in [-0.25, -0.2) is 0 Å². The maximum atomic E-state index is 11.7. The first-order valence-electron chi connectivity index (χ1n) is 5.04. The van der Waals surface area contributed by atoms with Gasteiger partial charge in [-0.15, -0.1) is 0 Å². The summed E-state index contributed by atoms with van der Waals surface area (Å²) in [5.41, 5.74) is -0.334. The molecule has 2 aliphatic heterocycles. The average molecular weight is 199 g/mol. The fraction of sp³-hybridized carbons (Fsp3) is 0.900. The lowest BCUT2D eigenvalue weighted by Gasteiger charge is -2.42. The van der Waals surface area contributed by atoms with E-state index < -0.39 is 0 Å². The Hall–Kier alpha value is -0.610. The summed E-state index contributed by atoms with van der Waals surface area (Å²) in [4.78, 5) is 13.9. The molecule has 0 bridgehead atoms. The van der Waals surface area contributed by atoms with Crippen LogP contribution in [-0.2, 0) is 14.3 Å². The van der Waals surface area contributed by atoms with Crippen LogP contribution in [0.5, 0.6) is 0 Å². The summed E-state index contributed by atoms with van der Waals surface area (Å²) in [6.45, 7) is 3.14. The number of ether oxygens (including phenoxy) is 2. The molecule has 0 radical (unpaired) electrons. The molecule has 2 heterocycles. The highest BCUT2D eigenvalue weighted by molar-refractivity contribution is 5.78. The highest BCUT2D eigenvalue weighted by Gasteiger charge is 2.54. The molecule has 0 saturated carbocycles. The first-order valence-corrected chi connectivity index (χ1v) is 5.04. The quantitative estimate of drug-likeness (QED) is 0.592. The number of rotatable bonds is 2. The topological polar surface area (TPSA) is 38.8 Å². The smallest absolute Gasteiger partial charge is 0.316 e. The largest absolute Gasteiger partial charge is 0.468 e. The molecule has 0 N–H and O–H groups in total. The molecule has 1 atom stereocenters. The van der Waals surface area contributed by atoms with Gasteiger partial charge < -0.3 is 14.4 Å². The van der Waals surface area contributed by atoms with Crippen molar-refractivity contribution in [1.82, 2.24) is 4.90 Å². The molecule has 0 aromatic carbocycles. The van der Waals surface area contributed by atoms with E-state index in [1.807, 2.05) is 0 Å². The summed E-state index contributed by atoms with van der Waals surface area (Å²) in [6, 6.07) is 0. The van der Waals surface area contributed by atoms with Crippen LogP contribution in [0.3, 0.4) is 0 Å². The third kappa shape index (κ3) is 1.33. The molecule has 4 heteroatoms. The Kier molecular flexibility index (Phi) is 2.49. The van der Waals surface area contributed by atoms with Crippen molar-refractivity contribution >= 4 is 5.97 Å². The van der Waals surface area contributed by atoms with Gasteiger partial charge in [0.15, 0.2) is 0 Å². The third-order valence-corrected chi connectivity index (χ3v) is 3.48. The maximum Gasteiger partial charge on any atom is 0.316 e. The molecule has 2 saturated heterocycles. The second-order valence-corrected chi connectivity index (χ2v) is 4.39. The van der Waals surface area contributed by atoms with Gasteiger partial charge in [-0.3, -0.25) is 4.79 Å². The number of carbonyl (C=O) groups is 1. The van der Waals surface area contributed by atoms with E-state index in [0.717, 1.165) is 19.5 Å². The molecule has 1 unspecified atom stereocenters. The Bertz CT molecular complexity index is 238. The van der Waals surface area contributed by atoms with Crippen LogP contribution < -0.4 is 0 Å². The van der Waals surface area contributed by atoms with Crippen LogP contribution >= 0.6 is 0 Å². The normalized spacial score (nSPS) is 31.1. The number of likely N-dealkylation sites (tertiary alicyclic amines) is 1. The fourth-order valence-corrected chi connectivity index (χ4v) is 2.43. The summed E-state index contributed by atoms with van der Waals surface area (Å²) in [5.74, 6) is 0.317. The zero-order chi connectivity index (χ0) is 10.2. The Balaban J connectivity index is 2.08. The molecule has 2 fully saturated rings. The molecule has 2 rings (SSSR count). The van der Waals surface area contributed by atoms with Gasteiger partial charge in [0, 0.05) is 6.54 Å². The molecule has 4 nitrogen and oxygen atoms in total. The Morgan fingerprint density at radius 2 is 2.29 bits per heavy atom. The highest BCUT2D eigenvalue weighted by Crippen LogP contribution is 2.41. The zero-order valence-electron chi connectivity index (χ0n) is 8.78. The summed E-state index contributed by atoms with van der Waals surface area (Å²) >= 11 is 0. The second kappa shape index (κ2) is 3.51. The van der Waals surface area contributed by atoms with Crippen LogP contribution in [-0.4, -0.2) is 51.3 Å². The molecule has 0 amide bonds. The van der Waals surface area contributed by atoms with Crippen LogP contribution in [0.25, 0.3) is 0 Å². The Morgan fingerprint density at radius 1 is 1.57 bits per heavy atom. The van der Waals surface area contributed by atoms with Crippen LogP contribution in [0.1, 0.15) is 6.42 Å². The van der Waals surface area contributed by atoms with E-state index in [4.69, 9.17) is 9.47 Å². The average Bonchev–Trinajstić information content (AvgIpc) is 2.50. The molecule has 0 aromatic rings. The minimum Gasteiger partial charge on any atom is -0.468 e. The number of hydrogen-bond donors (Lipinski definition) is 0. The van der Waals surface area contributed by atoms with Crippen LogP contribution in [0.4, 0.5) is 0 Å². The monoisotopic (exact) mass is 199 g/mol. The fourth-order valence-electron chi connectivity index (χ4n) is 2.43. The van der Waals surface area contributed by atoms with Crippen molar-refractivity contribution < 1.29 is 14.3 Å². The first-order chi connectivity index (χ1) is 6.69. The van der Waals surface area contributed by atoms with Crippen molar-refractivity contribution in [2.24, 2.45) is 11.3 Å². The van der Waals surface area contributed by atoms with Gasteiger partial charge >= 0.3 is 5.97 Å². The van der Waals surface area contributed by atoms with E-state index in [0.29, 0.717) is 19.1 Å². The van der Waals surface area contributed by atoms with Crippen molar-refractivity contribution in [3.63, 3.8) is 0 Å². The lowest BCUT2D eigenvalue weighted by atomic mass is 9.73. The van der Waals surface area contributed by atoms with Crippen LogP contribution in [0.2, 0.25) is 0 Å². The van der Waals surface area contributed by atoms with Crippen molar-refractivity contribution in [3.8, 4) is 0 Å². The van der Waals surface area contributed by atoms with Gasteiger partial charge in [-0.05, 0) is 25.9 Å². The predicted octanol–water partition coefficient (Wildman–Crippen LogP) is 0.128. The van der Waals surface area contributed by atoms with E-state index in [9.17, 15) is 4.79 Å². The van der Waals surface area contributed by atoms with Crippen LogP contribution in [0.15, 0.2) is 0 Å². The third-order valence-electron chi connectivity index (χ3n) is 3.48. The van der Waals surface area contributed by atoms with Crippen LogP contribution in [0, 0.1) is 11.3 Å². The van der Waals surface area contributed by atoms with Gasteiger partial charge in [0.1, 0.15) is 5.41 Å². The lowest BCUT2D eigenvalue weighted by molar-refractivity contribution is -0.194. The lowest BCUT2D eigenvalue weighted by Crippen LogP contribution is -2.55. The molecule has 2 aliphatic rings. The molecule has 0 spiro atoms. The van der Waals surface area contributed by atoms with E-state index in [1.165, 1.54) is 7.11 Å². The summed E-state index contributed by atoms with van der Waals surface area (Å²) in [7, 11) is 3.55. The van der Waals surface area contributed by atoms with E-state index in [2.05, 4.69) is 11.9 Å². The van der Waals surface area contributed by atoms with Crippen molar-refractivity contribution in [1.29, 1.82) is 0 Å². The standard InChI is InChI=1S/C10H17NO3/c1-11-4-3-8(5-11)10(6-14-7-10)9(12)13-2/h8H,3-7H2,1-2H3. The number of nitrogens with zero attached hydrogens (tertiary/aromatic N) is 1. The van der Waals surface area contributed by atoms with E-state index in [-0.39, 0.29) is 11.4 Å². The summed E-state index contributed by atoms with van der Waals surface area (Å²) < 4.78 is 10.1. The zero-order valence-corrected chi connectivity index (χ0v) is 8.78. The van der Waals surface area contributed by atoms with Gasteiger partial charge in [0.25, 0.3) is 0 Å². The minimum absolute atomic E-state index is 0.0935. The second-order valence-electron chi connectivity index (χ2n) is 4.39. The molecule has 0 aromatic heterocycles. The summed E-state index contributed by atoms with van der Waals surface area (Å²) in [5, 5.41) is 0. The summed E-state index contributed by atoms with van der Waals surface area (Å²) in [6.07, 6.45) is 1.08. The van der Waals surface area contributed by atoms with Gasteiger partial charge in [-0.2, -0.15) is 0 Å². The molecular formula is C10H17NO3.